The molecule has 1 aromatic heterocycles. The van der Waals surface area contributed by atoms with Crippen LogP contribution in [-0.2, 0) is 13.6 Å². The normalized spacial score (nSPS) is 32.3. The topological polar surface area (TPSA) is 33.1 Å². The summed E-state index contributed by atoms with van der Waals surface area (Å²) in [5.41, 5.74) is 1.18. The molecule has 0 amide bonds. The van der Waals surface area contributed by atoms with Crippen LogP contribution in [0.1, 0.15) is 31.4 Å². The first kappa shape index (κ1) is 11.2. The molecular weight excluding hydrogens is 212 g/mol. The molecule has 2 bridgehead atoms. The molecule has 3 rings (SSSR count). The van der Waals surface area contributed by atoms with E-state index in [4.69, 9.17) is 0 Å². The molecular formula is C13H22N4. The van der Waals surface area contributed by atoms with Crippen LogP contribution in [0.3, 0.4) is 0 Å². The van der Waals surface area contributed by atoms with E-state index in [0.29, 0.717) is 0 Å². The molecule has 0 radical (unpaired) electrons. The second-order valence-corrected chi connectivity index (χ2v) is 5.66. The van der Waals surface area contributed by atoms with E-state index >= 15 is 0 Å². The SMILES string of the molecule is CN(Cc1ccn(C)n1)C1CC2CCC(C1)N2. The molecule has 2 fully saturated rings. The maximum atomic E-state index is 4.46. The fraction of sp³-hybridized carbons (Fsp3) is 0.769. The van der Waals surface area contributed by atoms with E-state index < -0.39 is 0 Å². The van der Waals surface area contributed by atoms with Gasteiger partial charge in [-0.25, -0.2) is 0 Å². The summed E-state index contributed by atoms with van der Waals surface area (Å²) >= 11 is 0. The third-order valence-electron chi connectivity index (χ3n) is 4.25. The van der Waals surface area contributed by atoms with Crippen molar-refractivity contribution in [2.75, 3.05) is 7.05 Å². The number of aryl methyl sites for hydroxylation is 1. The largest absolute Gasteiger partial charge is 0.311 e. The van der Waals surface area contributed by atoms with Crippen molar-refractivity contribution in [1.82, 2.24) is 20.0 Å². The van der Waals surface area contributed by atoms with Gasteiger partial charge in [0, 0.05) is 37.9 Å². The number of nitrogens with zero attached hydrogens (tertiary/aromatic N) is 3. The van der Waals surface area contributed by atoms with Gasteiger partial charge in [-0.15, -0.1) is 0 Å². The predicted octanol–water partition coefficient (Wildman–Crippen LogP) is 1.13. The maximum absolute atomic E-state index is 4.46. The fourth-order valence-electron chi connectivity index (χ4n) is 3.32. The Kier molecular flexibility index (Phi) is 2.92. The minimum absolute atomic E-state index is 0.732. The van der Waals surface area contributed by atoms with E-state index in [1.54, 1.807) is 0 Å². The van der Waals surface area contributed by atoms with Gasteiger partial charge in [0.2, 0.25) is 0 Å². The molecule has 0 spiro atoms. The number of aromatic nitrogens is 2. The zero-order chi connectivity index (χ0) is 11.8. The number of fused-ring (bicyclic) bond motifs is 2. The summed E-state index contributed by atoms with van der Waals surface area (Å²) in [6, 6.07) is 4.39. The Morgan fingerprint density at radius 3 is 2.71 bits per heavy atom. The van der Waals surface area contributed by atoms with Gasteiger partial charge in [-0.3, -0.25) is 9.58 Å². The molecule has 0 aliphatic carbocycles. The maximum Gasteiger partial charge on any atom is 0.0764 e. The van der Waals surface area contributed by atoms with Crippen molar-refractivity contribution < 1.29 is 0 Å². The highest BCUT2D eigenvalue weighted by Gasteiger charge is 2.34. The zero-order valence-corrected chi connectivity index (χ0v) is 10.8. The average Bonchev–Trinajstić information content (AvgIpc) is 2.85. The molecule has 1 aromatic rings. The highest BCUT2D eigenvalue weighted by Crippen LogP contribution is 2.29. The van der Waals surface area contributed by atoms with Crippen LogP contribution in [0.4, 0.5) is 0 Å². The third-order valence-corrected chi connectivity index (χ3v) is 4.25. The van der Waals surface area contributed by atoms with Crippen molar-refractivity contribution >= 4 is 0 Å². The number of hydrogen-bond donors (Lipinski definition) is 1. The van der Waals surface area contributed by atoms with Crippen LogP contribution in [0.5, 0.6) is 0 Å². The van der Waals surface area contributed by atoms with Crippen LogP contribution in [0, 0.1) is 0 Å². The number of hydrogen-bond acceptors (Lipinski definition) is 3. The van der Waals surface area contributed by atoms with E-state index in [-0.39, 0.29) is 0 Å². The summed E-state index contributed by atoms with van der Waals surface area (Å²) in [5.74, 6) is 0. The fourth-order valence-corrected chi connectivity index (χ4v) is 3.32. The van der Waals surface area contributed by atoms with Gasteiger partial charge in [0.25, 0.3) is 0 Å². The van der Waals surface area contributed by atoms with Crippen molar-refractivity contribution in [3.8, 4) is 0 Å². The molecule has 2 saturated heterocycles. The Bertz CT molecular complexity index is 375. The van der Waals surface area contributed by atoms with Crippen molar-refractivity contribution in [3.05, 3.63) is 18.0 Å². The van der Waals surface area contributed by atoms with Gasteiger partial charge in [-0.05, 0) is 38.8 Å². The molecule has 2 aliphatic heterocycles. The lowest BCUT2D eigenvalue weighted by atomic mass is 9.98. The van der Waals surface area contributed by atoms with Gasteiger partial charge in [-0.1, -0.05) is 0 Å². The van der Waals surface area contributed by atoms with Gasteiger partial charge in [-0.2, -0.15) is 5.10 Å². The van der Waals surface area contributed by atoms with Gasteiger partial charge in [0.05, 0.1) is 5.69 Å². The predicted molar refractivity (Wildman–Crippen MR) is 67.6 cm³/mol. The Morgan fingerprint density at radius 2 is 2.12 bits per heavy atom. The van der Waals surface area contributed by atoms with E-state index in [2.05, 4.69) is 28.4 Å². The molecule has 4 heteroatoms. The van der Waals surface area contributed by atoms with Gasteiger partial charge < -0.3 is 5.32 Å². The Hall–Kier alpha value is -0.870. The monoisotopic (exact) mass is 234 g/mol. The lowest BCUT2D eigenvalue weighted by Gasteiger charge is -2.35. The minimum Gasteiger partial charge on any atom is -0.311 e. The number of nitrogens with one attached hydrogen (secondary N) is 1. The second-order valence-electron chi connectivity index (χ2n) is 5.66. The summed E-state index contributed by atoms with van der Waals surface area (Å²) < 4.78 is 1.88. The zero-order valence-electron chi connectivity index (χ0n) is 10.8. The molecule has 0 aromatic carbocycles. The third kappa shape index (κ3) is 2.38. The molecule has 0 saturated carbocycles. The van der Waals surface area contributed by atoms with Crippen LogP contribution in [-0.4, -0.2) is 39.9 Å². The number of piperidine rings is 1. The van der Waals surface area contributed by atoms with Crippen LogP contribution < -0.4 is 5.32 Å². The smallest absolute Gasteiger partial charge is 0.0764 e. The lowest BCUT2D eigenvalue weighted by molar-refractivity contribution is 0.164. The summed E-state index contributed by atoms with van der Waals surface area (Å²) in [6.07, 6.45) is 7.38. The first-order valence-electron chi connectivity index (χ1n) is 6.65. The molecule has 17 heavy (non-hydrogen) atoms. The Morgan fingerprint density at radius 1 is 1.41 bits per heavy atom. The van der Waals surface area contributed by atoms with Crippen molar-refractivity contribution in [3.63, 3.8) is 0 Å². The summed E-state index contributed by atoms with van der Waals surface area (Å²) in [7, 11) is 4.22. The van der Waals surface area contributed by atoms with Gasteiger partial charge in [0.15, 0.2) is 0 Å². The molecule has 2 aliphatic rings. The highest BCUT2D eigenvalue weighted by molar-refractivity contribution is 5.00. The Balaban J connectivity index is 1.60. The number of rotatable bonds is 3. The van der Waals surface area contributed by atoms with Crippen molar-refractivity contribution in [2.24, 2.45) is 7.05 Å². The average molecular weight is 234 g/mol. The van der Waals surface area contributed by atoms with Crippen LogP contribution in [0.25, 0.3) is 0 Å². The molecule has 2 unspecified atom stereocenters. The molecule has 2 atom stereocenters. The van der Waals surface area contributed by atoms with E-state index in [1.807, 2.05) is 17.9 Å². The minimum atomic E-state index is 0.732. The van der Waals surface area contributed by atoms with E-state index in [0.717, 1.165) is 24.7 Å². The molecule has 4 nitrogen and oxygen atoms in total. The summed E-state index contributed by atoms with van der Waals surface area (Å²) in [5, 5.41) is 8.16. The van der Waals surface area contributed by atoms with Crippen LogP contribution in [0.2, 0.25) is 0 Å². The van der Waals surface area contributed by atoms with Gasteiger partial charge in [0.1, 0.15) is 0 Å². The summed E-state index contributed by atoms with van der Waals surface area (Å²) in [6.45, 7) is 0.977. The van der Waals surface area contributed by atoms with Crippen LogP contribution >= 0.6 is 0 Å². The highest BCUT2D eigenvalue weighted by atomic mass is 15.3. The first-order chi connectivity index (χ1) is 8.20. The second kappa shape index (κ2) is 4.42. The standard InChI is InChI=1S/C13H22N4/c1-16(9-12-5-6-17(2)15-12)13-7-10-3-4-11(8-13)14-10/h5-6,10-11,13-14H,3-4,7-9H2,1-2H3. The lowest BCUT2D eigenvalue weighted by Crippen LogP contribution is -2.46. The summed E-state index contributed by atoms with van der Waals surface area (Å²) in [4.78, 5) is 2.48. The molecule has 94 valence electrons. The molecule has 1 N–H and O–H groups in total. The van der Waals surface area contributed by atoms with Gasteiger partial charge >= 0.3 is 0 Å². The molecule has 3 heterocycles. The Labute approximate surface area is 103 Å². The first-order valence-corrected chi connectivity index (χ1v) is 6.65. The van der Waals surface area contributed by atoms with Crippen molar-refractivity contribution in [2.45, 2.75) is 50.4 Å². The van der Waals surface area contributed by atoms with E-state index in [9.17, 15) is 0 Å². The van der Waals surface area contributed by atoms with Crippen LogP contribution in [0.15, 0.2) is 12.3 Å². The van der Waals surface area contributed by atoms with Crippen molar-refractivity contribution in [1.29, 1.82) is 0 Å². The van der Waals surface area contributed by atoms with E-state index in [1.165, 1.54) is 31.4 Å². The quantitative estimate of drug-likeness (QED) is 0.851.